The topological polar surface area (TPSA) is 37.3 Å². The Morgan fingerprint density at radius 2 is 2.43 bits per heavy atom. The molecular weight excluding hydrogens is 207 g/mol. The summed E-state index contributed by atoms with van der Waals surface area (Å²) in [5, 5.41) is 8.07. The summed E-state index contributed by atoms with van der Waals surface area (Å²) in [6.07, 6.45) is 0. The number of aliphatic carboxylic acids is 1. The van der Waals surface area contributed by atoms with Crippen LogP contribution in [0.3, 0.4) is 0 Å². The van der Waals surface area contributed by atoms with Gasteiger partial charge < -0.3 is 0 Å². The van der Waals surface area contributed by atoms with Crippen LogP contribution in [0, 0.1) is 0 Å². The molecular formula is C4H8IO2-. The minimum atomic E-state index is -0.644. The fourth-order valence-corrected chi connectivity index (χ4v) is 1.18. The van der Waals surface area contributed by atoms with Crippen molar-refractivity contribution < 1.29 is 31.1 Å². The summed E-state index contributed by atoms with van der Waals surface area (Å²) < 4.78 is 1.50. The first-order chi connectivity index (χ1) is 3.27. The van der Waals surface area contributed by atoms with E-state index in [1.807, 2.05) is 6.92 Å². The molecule has 0 rings (SSSR count). The third kappa shape index (κ3) is 6.20. The number of hydrogen-bond acceptors (Lipinski definition) is 1. The number of alkyl halides is 2. The van der Waals surface area contributed by atoms with Gasteiger partial charge in [0.1, 0.15) is 0 Å². The molecule has 0 atom stereocenters. The summed E-state index contributed by atoms with van der Waals surface area (Å²) in [6.45, 7) is 2.02. The Kier molecular flexibility index (Phi) is 4.49. The maximum absolute atomic E-state index is 9.79. The molecule has 0 saturated carbocycles. The fraction of sp³-hybridized carbons (Fsp3) is 0.750. The normalized spacial score (nSPS) is 9.29. The van der Waals surface area contributed by atoms with E-state index < -0.39 is 5.97 Å². The quantitative estimate of drug-likeness (QED) is 0.407. The van der Waals surface area contributed by atoms with Crippen molar-refractivity contribution in [1.29, 1.82) is 0 Å². The summed E-state index contributed by atoms with van der Waals surface area (Å²) in [7, 11) is 0. The third-order valence-electron chi connectivity index (χ3n) is 0.398. The molecule has 0 aliphatic heterocycles. The Labute approximate surface area is 53.2 Å². The van der Waals surface area contributed by atoms with Crippen molar-refractivity contribution in [3.63, 3.8) is 0 Å². The molecule has 7 heavy (non-hydrogen) atoms. The first-order valence-electron chi connectivity index (χ1n) is 2.02. The van der Waals surface area contributed by atoms with Gasteiger partial charge in [-0.3, -0.25) is 0 Å². The van der Waals surface area contributed by atoms with Crippen LogP contribution < -0.4 is 21.2 Å². The van der Waals surface area contributed by atoms with Crippen LogP contribution in [0.1, 0.15) is 6.92 Å². The van der Waals surface area contributed by atoms with E-state index in [9.17, 15) is 4.79 Å². The second kappa shape index (κ2) is 4.36. The number of hydrogen-bond donors (Lipinski definition) is 1. The predicted octanol–water partition coefficient (Wildman–Crippen LogP) is -2.82. The fourth-order valence-electron chi connectivity index (χ4n) is 0.175. The van der Waals surface area contributed by atoms with Gasteiger partial charge in [-0.25, -0.2) is 0 Å². The summed E-state index contributed by atoms with van der Waals surface area (Å²) >= 11 is -0.0119. The molecule has 1 N–H and O–H groups in total. The number of rotatable bonds is 3. The van der Waals surface area contributed by atoms with Crippen molar-refractivity contribution in [3.05, 3.63) is 0 Å². The summed E-state index contributed by atoms with van der Waals surface area (Å²) in [5.41, 5.74) is 0. The molecule has 0 aromatic heterocycles. The molecule has 0 aliphatic rings. The number of carboxylic acids is 1. The van der Waals surface area contributed by atoms with Crippen LogP contribution in [0.15, 0.2) is 0 Å². The van der Waals surface area contributed by atoms with Gasteiger partial charge in [-0.2, -0.15) is 0 Å². The van der Waals surface area contributed by atoms with E-state index in [-0.39, 0.29) is 21.2 Å². The molecule has 2 nitrogen and oxygen atoms in total. The first kappa shape index (κ1) is 7.20. The molecule has 0 aliphatic carbocycles. The summed E-state index contributed by atoms with van der Waals surface area (Å²) in [5.74, 6) is -0.644. The molecule has 0 saturated heterocycles. The van der Waals surface area contributed by atoms with Gasteiger partial charge >= 0.3 is 52.9 Å². The van der Waals surface area contributed by atoms with Crippen LogP contribution in [0.4, 0.5) is 0 Å². The van der Waals surface area contributed by atoms with E-state index in [2.05, 4.69) is 0 Å². The van der Waals surface area contributed by atoms with Crippen LogP contribution in [0.5, 0.6) is 0 Å². The molecule has 0 fully saturated rings. The summed E-state index contributed by atoms with van der Waals surface area (Å²) in [6, 6.07) is 0. The van der Waals surface area contributed by atoms with Crippen molar-refractivity contribution >= 4 is 5.97 Å². The van der Waals surface area contributed by atoms with Gasteiger partial charge in [-0.15, -0.1) is 0 Å². The van der Waals surface area contributed by atoms with Gasteiger partial charge in [-0.05, 0) is 0 Å². The van der Waals surface area contributed by atoms with E-state index in [1.165, 1.54) is 0 Å². The van der Waals surface area contributed by atoms with Crippen LogP contribution in [0.25, 0.3) is 0 Å². The van der Waals surface area contributed by atoms with Crippen molar-refractivity contribution in [2.24, 2.45) is 0 Å². The standard InChI is InChI=1S/C4H8IO2/c1-2-5-3-4(6)7/h2-3H2,1H3,(H,6,7)/q-1. The molecule has 0 bridgehead atoms. The monoisotopic (exact) mass is 215 g/mol. The van der Waals surface area contributed by atoms with E-state index >= 15 is 0 Å². The zero-order valence-electron chi connectivity index (χ0n) is 4.15. The van der Waals surface area contributed by atoms with E-state index in [0.29, 0.717) is 4.43 Å². The second-order valence-corrected chi connectivity index (χ2v) is 4.35. The van der Waals surface area contributed by atoms with Crippen LogP contribution in [-0.2, 0) is 4.79 Å². The average molecular weight is 215 g/mol. The molecule has 0 amide bonds. The van der Waals surface area contributed by atoms with E-state index in [4.69, 9.17) is 5.11 Å². The Bertz CT molecular complexity index is 62.7. The third-order valence-corrected chi connectivity index (χ3v) is 2.67. The molecule has 44 valence electrons. The maximum atomic E-state index is 9.79. The van der Waals surface area contributed by atoms with Gasteiger partial charge in [0.05, 0.1) is 0 Å². The van der Waals surface area contributed by atoms with E-state index in [0.717, 1.165) is 4.43 Å². The molecule has 3 heteroatoms. The zero-order chi connectivity index (χ0) is 5.70. The molecule has 0 unspecified atom stereocenters. The Balaban J connectivity index is 2.82. The van der Waals surface area contributed by atoms with Gasteiger partial charge in [0.2, 0.25) is 0 Å². The second-order valence-electron chi connectivity index (χ2n) is 0.984. The molecule has 0 radical (unpaired) electrons. The number of carbonyl (C=O) groups is 1. The number of halogens is 1. The Hall–Kier alpha value is 0.200. The first-order valence-corrected chi connectivity index (χ1v) is 5.07. The van der Waals surface area contributed by atoms with Gasteiger partial charge in [0.25, 0.3) is 0 Å². The SMILES string of the molecule is CC[I-]CC(=O)O. The zero-order valence-corrected chi connectivity index (χ0v) is 6.31. The van der Waals surface area contributed by atoms with Crippen molar-refractivity contribution in [3.8, 4) is 0 Å². The molecule has 0 aromatic rings. The van der Waals surface area contributed by atoms with Gasteiger partial charge in [-0.1, -0.05) is 0 Å². The van der Waals surface area contributed by atoms with Crippen molar-refractivity contribution in [2.45, 2.75) is 6.92 Å². The minimum absolute atomic E-state index is 0.0119. The molecule has 0 heterocycles. The van der Waals surface area contributed by atoms with Crippen LogP contribution in [-0.4, -0.2) is 19.9 Å². The Morgan fingerprint density at radius 1 is 1.86 bits per heavy atom. The summed E-state index contributed by atoms with van der Waals surface area (Å²) in [4.78, 5) is 9.79. The van der Waals surface area contributed by atoms with Crippen molar-refractivity contribution in [2.75, 3.05) is 8.86 Å². The predicted molar refractivity (Wildman–Crippen MR) is 23.0 cm³/mol. The Morgan fingerprint density at radius 3 is 2.57 bits per heavy atom. The van der Waals surface area contributed by atoms with Crippen LogP contribution >= 0.6 is 0 Å². The van der Waals surface area contributed by atoms with Crippen molar-refractivity contribution in [1.82, 2.24) is 0 Å². The number of carboxylic acid groups (broad SMARTS) is 1. The molecule has 0 aromatic carbocycles. The van der Waals surface area contributed by atoms with Gasteiger partial charge in [0.15, 0.2) is 0 Å². The van der Waals surface area contributed by atoms with E-state index in [1.54, 1.807) is 0 Å². The molecule has 0 spiro atoms. The van der Waals surface area contributed by atoms with Gasteiger partial charge in [0, 0.05) is 0 Å². The van der Waals surface area contributed by atoms with Crippen LogP contribution in [0.2, 0.25) is 0 Å². The average Bonchev–Trinajstić information content (AvgIpc) is 1.61.